The van der Waals surface area contributed by atoms with Gasteiger partial charge in [-0.05, 0) is 30.2 Å². The van der Waals surface area contributed by atoms with Crippen molar-refractivity contribution in [3.05, 3.63) is 44.9 Å². The number of ether oxygens (including phenoxy) is 1. The molecule has 8 nitrogen and oxygen atoms in total. The lowest BCUT2D eigenvalue weighted by molar-refractivity contribution is -0.118. The largest absolute Gasteiger partial charge is 0.453 e. The smallest absolute Gasteiger partial charge is 0.409 e. The maximum atomic E-state index is 13.2. The Balaban J connectivity index is 1.58. The fourth-order valence-electron chi connectivity index (χ4n) is 4.25. The van der Waals surface area contributed by atoms with Crippen LogP contribution >= 0.6 is 22.9 Å². The van der Waals surface area contributed by atoms with Gasteiger partial charge in [-0.1, -0.05) is 11.6 Å². The van der Waals surface area contributed by atoms with Gasteiger partial charge in [0.2, 0.25) is 5.91 Å². The molecule has 2 aliphatic rings. The predicted molar refractivity (Wildman–Crippen MR) is 112 cm³/mol. The quantitative estimate of drug-likeness (QED) is 0.738. The number of carbonyl (C=O) groups is 2. The number of hydrogen-bond donors (Lipinski definition) is 2. The number of carbonyl (C=O) groups excluding carboxylic acids is 2. The fourth-order valence-corrected chi connectivity index (χ4v) is 5.25. The minimum Gasteiger partial charge on any atom is -0.453 e. The van der Waals surface area contributed by atoms with Crippen LogP contribution in [0.4, 0.5) is 10.5 Å². The molecule has 1 aromatic heterocycles. The molecule has 160 valence electrons. The summed E-state index contributed by atoms with van der Waals surface area (Å²) >= 11 is 7.53. The highest BCUT2D eigenvalue weighted by atomic mass is 35.5. The van der Waals surface area contributed by atoms with Crippen LogP contribution in [-0.2, 0) is 21.4 Å². The zero-order chi connectivity index (χ0) is 21.5. The van der Waals surface area contributed by atoms with E-state index in [4.69, 9.17) is 21.4 Å². The molecule has 0 radical (unpaired) electrons. The van der Waals surface area contributed by atoms with E-state index < -0.39 is 12.7 Å². The number of hydrogen-bond acceptors (Lipinski definition) is 7. The van der Waals surface area contributed by atoms with Crippen molar-refractivity contribution in [2.45, 2.75) is 24.4 Å². The summed E-state index contributed by atoms with van der Waals surface area (Å²) in [5, 5.41) is 21.6. The summed E-state index contributed by atoms with van der Waals surface area (Å²) in [5.41, 5.74) is 1.74. The zero-order valence-corrected chi connectivity index (χ0v) is 17.9. The Morgan fingerprint density at radius 1 is 1.40 bits per heavy atom. The number of benzene rings is 1. The normalized spacial score (nSPS) is 21.2. The summed E-state index contributed by atoms with van der Waals surface area (Å²) in [6.45, 7) is 1.04. The van der Waals surface area contributed by atoms with Gasteiger partial charge in [0.25, 0.3) is 0 Å². The Hall–Kier alpha value is -2.20. The Labute approximate surface area is 182 Å². The number of fused-ring (bicyclic) bond motifs is 2. The van der Waals surface area contributed by atoms with Gasteiger partial charge in [0.1, 0.15) is 11.1 Å². The molecule has 1 fully saturated rings. The topological polar surface area (TPSA) is 103 Å². The second-order valence-corrected chi connectivity index (χ2v) is 8.98. The molecule has 2 aliphatic heterocycles. The number of nitrogens with zero attached hydrogens (tertiary/aromatic N) is 3. The molecule has 3 heterocycles. The van der Waals surface area contributed by atoms with Crippen molar-refractivity contribution in [3.63, 3.8) is 0 Å². The fraction of sp³-hybridized carbons (Fsp3) is 0.450. The van der Waals surface area contributed by atoms with E-state index in [-0.39, 0.29) is 23.8 Å². The first kappa shape index (κ1) is 21.0. The van der Waals surface area contributed by atoms with Crippen molar-refractivity contribution in [1.29, 1.82) is 0 Å². The van der Waals surface area contributed by atoms with Gasteiger partial charge in [-0.3, -0.25) is 4.79 Å². The van der Waals surface area contributed by atoms with E-state index in [1.54, 1.807) is 21.2 Å². The zero-order valence-electron chi connectivity index (χ0n) is 16.4. The van der Waals surface area contributed by atoms with Gasteiger partial charge >= 0.3 is 6.09 Å². The van der Waals surface area contributed by atoms with Gasteiger partial charge in [0.05, 0.1) is 25.8 Å². The highest BCUT2D eigenvalue weighted by Crippen LogP contribution is 2.47. The van der Waals surface area contributed by atoms with Gasteiger partial charge in [0.15, 0.2) is 0 Å². The number of anilines is 1. The number of halogens is 1. The summed E-state index contributed by atoms with van der Waals surface area (Å²) in [5.74, 6) is -0.119. The summed E-state index contributed by atoms with van der Waals surface area (Å²) < 4.78 is 4.87. The maximum absolute atomic E-state index is 13.2. The van der Waals surface area contributed by atoms with Crippen LogP contribution in [0.25, 0.3) is 0 Å². The van der Waals surface area contributed by atoms with Crippen molar-refractivity contribution < 1.29 is 24.5 Å². The van der Waals surface area contributed by atoms with Crippen molar-refractivity contribution in [1.82, 2.24) is 9.88 Å². The first-order chi connectivity index (χ1) is 14.4. The summed E-state index contributed by atoms with van der Waals surface area (Å²) in [6, 6.07) is 5.48. The lowest BCUT2D eigenvalue weighted by Gasteiger charge is -2.25. The van der Waals surface area contributed by atoms with Crippen LogP contribution < -0.4 is 4.90 Å². The Kier molecular flexibility index (Phi) is 5.71. The molecule has 2 atom stereocenters. The SMILES string of the molecule is COC(=O)N1CCC2(C1)CN(C(=O)Cc1nc(C(O)CO)cs1)c1ccc(Cl)cc12. The molecule has 2 N–H and O–H groups in total. The van der Waals surface area contributed by atoms with Gasteiger partial charge in [-0.15, -0.1) is 11.3 Å². The monoisotopic (exact) mass is 451 g/mol. The van der Waals surface area contributed by atoms with Crippen LogP contribution in [0.1, 0.15) is 28.8 Å². The molecule has 1 saturated heterocycles. The van der Waals surface area contributed by atoms with Crippen molar-refractivity contribution in [2.24, 2.45) is 0 Å². The number of aliphatic hydroxyl groups excluding tert-OH is 2. The van der Waals surface area contributed by atoms with E-state index in [9.17, 15) is 14.7 Å². The van der Waals surface area contributed by atoms with Crippen LogP contribution in [0.5, 0.6) is 0 Å². The molecule has 0 bridgehead atoms. The van der Waals surface area contributed by atoms with E-state index in [0.29, 0.717) is 41.8 Å². The first-order valence-corrected chi connectivity index (χ1v) is 10.8. The van der Waals surface area contributed by atoms with Crippen molar-refractivity contribution in [2.75, 3.05) is 38.3 Å². The number of amides is 2. The molecular weight excluding hydrogens is 430 g/mol. The van der Waals surface area contributed by atoms with Crippen LogP contribution in [-0.4, -0.2) is 65.4 Å². The summed E-state index contributed by atoms with van der Waals surface area (Å²) in [4.78, 5) is 32.8. The number of likely N-dealkylation sites (tertiary alicyclic amines) is 1. The number of aliphatic hydroxyl groups is 2. The van der Waals surface area contributed by atoms with Gasteiger partial charge in [-0.25, -0.2) is 9.78 Å². The third-order valence-electron chi connectivity index (χ3n) is 5.76. The van der Waals surface area contributed by atoms with Crippen LogP contribution in [0, 0.1) is 0 Å². The molecule has 10 heteroatoms. The van der Waals surface area contributed by atoms with Gasteiger partial charge < -0.3 is 24.7 Å². The average Bonchev–Trinajstić information content (AvgIpc) is 3.46. The molecule has 1 aromatic carbocycles. The second kappa shape index (κ2) is 8.14. The second-order valence-electron chi connectivity index (χ2n) is 7.60. The molecular formula is C20H22ClN3O5S. The first-order valence-electron chi connectivity index (χ1n) is 9.53. The molecule has 1 spiro atoms. The number of methoxy groups -OCH3 is 1. The van der Waals surface area contributed by atoms with E-state index >= 15 is 0 Å². The number of rotatable bonds is 4. The van der Waals surface area contributed by atoms with Gasteiger partial charge in [-0.2, -0.15) is 0 Å². The minimum atomic E-state index is -1.05. The average molecular weight is 452 g/mol. The molecule has 30 heavy (non-hydrogen) atoms. The summed E-state index contributed by atoms with van der Waals surface area (Å²) in [6.07, 6.45) is -0.630. The lowest BCUT2D eigenvalue weighted by Crippen LogP contribution is -2.40. The Bertz CT molecular complexity index is 983. The van der Waals surface area contributed by atoms with Gasteiger partial charge in [0, 0.05) is 41.1 Å². The number of thiazole rings is 1. The molecule has 0 saturated carbocycles. The highest BCUT2D eigenvalue weighted by molar-refractivity contribution is 7.09. The highest BCUT2D eigenvalue weighted by Gasteiger charge is 2.50. The molecule has 4 rings (SSSR count). The molecule has 2 amide bonds. The third-order valence-corrected chi connectivity index (χ3v) is 6.86. The van der Waals surface area contributed by atoms with E-state index in [0.717, 1.165) is 11.3 Å². The third kappa shape index (κ3) is 3.66. The number of aromatic nitrogens is 1. The van der Waals surface area contributed by atoms with Crippen LogP contribution in [0.15, 0.2) is 23.6 Å². The minimum absolute atomic E-state index is 0.0850. The maximum Gasteiger partial charge on any atom is 0.409 e. The summed E-state index contributed by atoms with van der Waals surface area (Å²) in [7, 11) is 1.36. The van der Waals surface area contributed by atoms with E-state index in [1.807, 2.05) is 12.1 Å². The van der Waals surface area contributed by atoms with Crippen LogP contribution in [0.3, 0.4) is 0 Å². The van der Waals surface area contributed by atoms with Crippen LogP contribution in [0.2, 0.25) is 5.02 Å². The van der Waals surface area contributed by atoms with Crippen molar-refractivity contribution in [3.8, 4) is 0 Å². The molecule has 2 unspecified atom stereocenters. The van der Waals surface area contributed by atoms with Crippen molar-refractivity contribution >= 4 is 40.6 Å². The molecule has 2 aromatic rings. The predicted octanol–water partition coefficient (Wildman–Crippen LogP) is 2.12. The standard InChI is InChI=1S/C20H22ClN3O5S/c1-29-19(28)23-5-4-20(10-23)11-24(15-3-2-12(21)6-13(15)20)18(27)7-17-22-14(9-30-17)16(26)8-25/h2-3,6,9,16,25-26H,4-5,7-8,10-11H2,1H3. The van der Waals surface area contributed by atoms with E-state index in [2.05, 4.69) is 4.98 Å². The van der Waals surface area contributed by atoms with E-state index in [1.165, 1.54) is 18.4 Å². The Morgan fingerprint density at radius 2 is 2.20 bits per heavy atom. The lowest BCUT2D eigenvalue weighted by atomic mass is 9.81. The Morgan fingerprint density at radius 3 is 2.93 bits per heavy atom. The molecule has 0 aliphatic carbocycles.